The SMILES string of the molecule is CN=CCN1C(CN2CCOCC2)=CCc2ccccc21. The molecule has 4 heteroatoms. The zero-order valence-electron chi connectivity index (χ0n) is 12.7. The van der Waals surface area contributed by atoms with Crippen molar-refractivity contribution in [2.24, 2.45) is 4.99 Å². The van der Waals surface area contributed by atoms with Gasteiger partial charge in [0.25, 0.3) is 0 Å². The number of ether oxygens (including phenoxy) is 1. The van der Waals surface area contributed by atoms with Gasteiger partial charge < -0.3 is 9.64 Å². The standard InChI is InChI=1S/C17H23N3O/c1-18-8-9-20-16(14-19-10-12-21-13-11-19)7-6-15-4-2-3-5-17(15)20/h2-5,7-8H,6,9-14H2,1H3. The Hall–Kier alpha value is -1.65. The second-order valence-corrected chi connectivity index (χ2v) is 5.47. The maximum Gasteiger partial charge on any atom is 0.0594 e. The summed E-state index contributed by atoms with van der Waals surface area (Å²) in [5.74, 6) is 0. The van der Waals surface area contributed by atoms with Crippen molar-refractivity contribution in [3.8, 4) is 0 Å². The molecule has 1 aromatic rings. The van der Waals surface area contributed by atoms with Crippen LogP contribution in [-0.4, -0.2) is 57.6 Å². The topological polar surface area (TPSA) is 28.1 Å². The molecule has 0 unspecified atom stereocenters. The summed E-state index contributed by atoms with van der Waals surface area (Å²) in [5, 5.41) is 0. The Morgan fingerprint density at radius 1 is 1.24 bits per heavy atom. The molecule has 0 atom stereocenters. The molecule has 2 heterocycles. The van der Waals surface area contributed by atoms with Crippen molar-refractivity contribution in [2.45, 2.75) is 6.42 Å². The molecule has 2 aliphatic rings. The summed E-state index contributed by atoms with van der Waals surface area (Å²) in [4.78, 5) is 9.02. The van der Waals surface area contributed by atoms with Gasteiger partial charge in [0.1, 0.15) is 0 Å². The van der Waals surface area contributed by atoms with Gasteiger partial charge in [0.15, 0.2) is 0 Å². The Morgan fingerprint density at radius 2 is 2.05 bits per heavy atom. The first kappa shape index (κ1) is 14.3. The third-order valence-electron chi connectivity index (χ3n) is 4.12. The molecular formula is C17H23N3O. The summed E-state index contributed by atoms with van der Waals surface area (Å²) in [5.41, 5.74) is 4.10. The van der Waals surface area contributed by atoms with E-state index in [1.165, 1.54) is 16.9 Å². The Bertz CT molecular complexity index is 533. The van der Waals surface area contributed by atoms with Gasteiger partial charge in [0.2, 0.25) is 0 Å². The number of benzene rings is 1. The maximum absolute atomic E-state index is 5.44. The number of fused-ring (bicyclic) bond motifs is 1. The lowest BCUT2D eigenvalue weighted by molar-refractivity contribution is 0.0420. The minimum Gasteiger partial charge on any atom is -0.379 e. The van der Waals surface area contributed by atoms with E-state index in [0.29, 0.717) is 0 Å². The highest BCUT2D eigenvalue weighted by molar-refractivity contribution is 5.71. The normalized spacial score (nSPS) is 19.7. The molecule has 0 amide bonds. The van der Waals surface area contributed by atoms with E-state index in [9.17, 15) is 0 Å². The predicted octanol–water partition coefficient (Wildman–Crippen LogP) is 1.97. The third kappa shape index (κ3) is 3.34. The molecule has 1 fully saturated rings. The van der Waals surface area contributed by atoms with Crippen LogP contribution in [0.5, 0.6) is 0 Å². The zero-order chi connectivity index (χ0) is 14.5. The molecule has 0 bridgehead atoms. The number of hydrogen-bond acceptors (Lipinski definition) is 4. The quantitative estimate of drug-likeness (QED) is 0.792. The molecule has 3 rings (SSSR count). The number of rotatable bonds is 4. The lowest BCUT2D eigenvalue weighted by atomic mass is 10.0. The van der Waals surface area contributed by atoms with E-state index in [1.54, 1.807) is 0 Å². The van der Waals surface area contributed by atoms with Gasteiger partial charge in [-0.25, -0.2) is 0 Å². The summed E-state index contributed by atoms with van der Waals surface area (Å²) >= 11 is 0. The van der Waals surface area contributed by atoms with Gasteiger partial charge >= 0.3 is 0 Å². The number of aliphatic imine (C=N–C) groups is 1. The molecule has 1 aromatic carbocycles. The molecule has 0 radical (unpaired) electrons. The highest BCUT2D eigenvalue weighted by Crippen LogP contribution is 2.29. The van der Waals surface area contributed by atoms with Crippen LogP contribution in [0.1, 0.15) is 5.56 Å². The first-order valence-corrected chi connectivity index (χ1v) is 7.63. The number of hydrogen-bond donors (Lipinski definition) is 0. The van der Waals surface area contributed by atoms with Crippen molar-refractivity contribution in [2.75, 3.05) is 51.3 Å². The zero-order valence-corrected chi connectivity index (χ0v) is 12.7. The van der Waals surface area contributed by atoms with Crippen LogP contribution in [0.2, 0.25) is 0 Å². The van der Waals surface area contributed by atoms with E-state index in [-0.39, 0.29) is 0 Å². The Morgan fingerprint density at radius 3 is 2.86 bits per heavy atom. The minimum atomic E-state index is 0.837. The van der Waals surface area contributed by atoms with E-state index < -0.39 is 0 Å². The molecule has 112 valence electrons. The summed E-state index contributed by atoms with van der Waals surface area (Å²) in [6, 6.07) is 8.66. The highest BCUT2D eigenvalue weighted by atomic mass is 16.5. The molecule has 2 aliphatic heterocycles. The molecule has 0 aliphatic carbocycles. The van der Waals surface area contributed by atoms with Gasteiger partial charge in [-0.3, -0.25) is 9.89 Å². The number of nitrogens with zero attached hydrogens (tertiary/aromatic N) is 3. The van der Waals surface area contributed by atoms with E-state index in [0.717, 1.165) is 45.8 Å². The van der Waals surface area contributed by atoms with Gasteiger partial charge in [-0.05, 0) is 18.1 Å². The summed E-state index contributed by atoms with van der Waals surface area (Å²) in [6.45, 7) is 5.57. The van der Waals surface area contributed by atoms with Crippen molar-refractivity contribution in [3.05, 3.63) is 41.6 Å². The second kappa shape index (κ2) is 6.87. The molecular weight excluding hydrogens is 262 g/mol. The van der Waals surface area contributed by atoms with E-state index >= 15 is 0 Å². The fraction of sp³-hybridized carbons (Fsp3) is 0.471. The predicted molar refractivity (Wildman–Crippen MR) is 87.3 cm³/mol. The summed E-state index contributed by atoms with van der Waals surface area (Å²) in [6.07, 6.45) is 5.37. The molecule has 4 nitrogen and oxygen atoms in total. The van der Waals surface area contributed by atoms with Crippen LogP contribution < -0.4 is 4.90 Å². The molecule has 1 saturated heterocycles. The molecule has 0 aromatic heterocycles. The van der Waals surface area contributed by atoms with Crippen LogP contribution in [0.25, 0.3) is 0 Å². The van der Waals surface area contributed by atoms with Crippen LogP contribution in [0.3, 0.4) is 0 Å². The van der Waals surface area contributed by atoms with Crippen molar-refractivity contribution in [3.63, 3.8) is 0 Å². The Balaban J connectivity index is 1.79. The highest BCUT2D eigenvalue weighted by Gasteiger charge is 2.21. The summed E-state index contributed by atoms with van der Waals surface area (Å²) in [7, 11) is 1.83. The van der Waals surface area contributed by atoms with Crippen LogP contribution in [0.15, 0.2) is 41.0 Å². The Kier molecular flexibility index (Phi) is 4.68. The Labute approximate surface area is 126 Å². The molecule has 21 heavy (non-hydrogen) atoms. The van der Waals surface area contributed by atoms with Crippen LogP contribution in [0, 0.1) is 0 Å². The summed E-state index contributed by atoms with van der Waals surface area (Å²) < 4.78 is 5.44. The lowest BCUT2D eigenvalue weighted by Crippen LogP contribution is -2.41. The third-order valence-corrected chi connectivity index (χ3v) is 4.12. The second-order valence-electron chi connectivity index (χ2n) is 5.47. The van der Waals surface area contributed by atoms with Gasteiger partial charge in [0, 0.05) is 44.3 Å². The van der Waals surface area contributed by atoms with Crippen molar-refractivity contribution in [1.82, 2.24) is 4.90 Å². The molecule has 0 spiro atoms. The van der Waals surface area contributed by atoms with Crippen molar-refractivity contribution in [1.29, 1.82) is 0 Å². The van der Waals surface area contributed by atoms with Crippen LogP contribution >= 0.6 is 0 Å². The largest absolute Gasteiger partial charge is 0.379 e. The monoisotopic (exact) mass is 285 g/mol. The smallest absolute Gasteiger partial charge is 0.0594 e. The number of morpholine rings is 1. The first-order valence-electron chi connectivity index (χ1n) is 7.63. The number of anilines is 1. The van der Waals surface area contributed by atoms with Gasteiger partial charge in [-0.15, -0.1) is 0 Å². The fourth-order valence-corrected chi connectivity index (χ4v) is 2.96. The minimum absolute atomic E-state index is 0.837. The molecule has 0 saturated carbocycles. The van der Waals surface area contributed by atoms with Crippen molar-refractivity contribution >= 4 is 11.9 Å². The average molecular weight is 285 g/mol. The average Bonchev–Trinajstić information content (AvgIpc) is 2.55. The number of allylic oxidation sites excluding steroid dienone is 1. The van der Waals surface area contributed by atoms with E-state index in [4.69, 9.17) is 4.74 Å². The van der Waals surface area contributed by atoms with Gasteiger partial charge in [-0.2, -0.15) is 0 Å². The molecule has 0 N–H and O–H groups in total. The van der Waals surface area contributed by atoms with Crippen LogP contribution in [0.4, 0.5) is 5.69 Å². The van der Waals surface area contributed by atoms with Crippen LogP contribution in [-0.2, 0) is 11.2 Å². The van der Waals surface area contributed by atoms with Gasteiger partial charge in [0.05, 0.1) is 19.8 Å². The van der Waals surface area contributed by atoms with Crippen molar-refractivity contribution < 1.29 is 4.74 Å². The fourth-order valence-electron chi connectivity index (χ4n) is 2.96. The number of para-hydroxylation sites is 1. The van der Waals surface area contributed by atoms with Gasteiger partial charge in [-0.1, -0.05) is 24.3 Å². The maximum atomic E-state index is 5.44. The first-order chi connectivity index (χ1) is 10.4. The van der Waals surface area contributed by atoms with E-state index in [2.05, 4.69) is 45.1 Å². The lowest BCUT2D eigenvalue weighted by Gasteiger charge is -2.35. The van der Waals surface area contributed by atoms with E-state index in [1.807, 2.05) is 13.3 Å².